The minimum absolute atomic E-state index is 0.0943. The third-order valence-corrected chi connectivity index (χ3v) is 5.81. The van der Waals surface area contributed by atoms with Crippen LogP contribution in [0.1, 0.15) is 22.0 Å². The number of fused-ring (bicyclic) bond motifs is 1. The monoisotopic (exact) mass is 447 g/mol. The Balaban J connectivity index is 1.36. The number of nitrogens with zero attached hydrogens (tertiary/aromatic N) is 9. The number of hydrogen-bond donors (Lipinski definition) is 0. The van der Waals surface area contributed by atoms with Gasteiger partial charge in [0.15, 0.2) is 17.3 Å². The van der Waals surface area contributed by atoms with E-state index in [-0.39, 0.29) is 22.9 Å². The van der Waals surface area contributed by atoms with Crippen LogP contribution in [0.5, 0.6) is 0 Å². The van der Waals surface area contributed by atoms with Crippen molar-refractivity contribution in [2.75, 3.05) is 36.0 Å². The summed E-state index contributed by atoms with van der Waals surface area (Å²) in [5, 5.41) is 24.5. The first kappa shape index (κ1) is 20.5. The Hall–Kier alpha value is -4.35. The van der Waals surface area contributed by atoms with Gasteiger partial charge in [-0.15, -0.1) is 15.3 Å². The lowest BCUT2D eigenvalue weighted by molar-refractivity contribution is -0.384. The van der Waals surface area contributed by atoms with Gasteiger partial charge < -0.3 is 14.4 Å². The molecule has 33 heavy (non-hydrogen) atoms. The van der Waals surface area contributed by atoms with E-state index < -0.39 is 4.92 Å². The van der Waals surface area contributed by atoms with Gasteiger partial charge in [0.05, 0.1) is 4.92 Å². The van der Waals surface area contributed by atoms with Gasteiger partial charge in [-0.25, -0.2) is 4.98 Å². The van der Waals surface area contributed by atoms with Crippen LogP contribution in [0, 0.1) is 17.0 Å². The number of piperazine rings is 1. The summed E-state index contributed by atoms with van der Waals surface area (Å²) in [7, 11) is 1.71. The number of anilines is 2. The van der Waals surface area contributed by atoms with Crippen molar-refractivity contribution in [1.82, 2.24) is 29.4 Å². The predicted molar refractivity (Wildman–Crippen MR) is 120 cm³/mol. The van der Waals surface area contributed by atoms with E-state index in [1.807, 2.05) is 24.0 Å². The maximum Gasteiger partial charge on any atom is 0.293 e. The third kappa shape index (κ3) is 3.64. The standard InChI is InChI=1S/C21H21N9O3/c1-14-23-24-18-5-6-19(25-29(14)18)28-11-9-27(10-12-28)16-4-3-15(13-17(16)30(32)33)20(31)21-22-7-8-26(21)2/h3-8,13H,9-12H2,1-2H3. The second-order valence-corrected chi connectivity index (χ2v) is 7.83. The van der Waals surface area contributed by atoms with Crippen LogP contribution in [0.25, 0.3) is 5.65 Å². The van der Waals surface area contributed by atoms with Crippen LogP contribution < -0.4 is 9.80 Å². The van der Waals surface area contributed by atoms with Crippen LogP contribution >= 0.6 is 0 Å². The molecule has 168 valence electrons. The number of carbonyl (C=O) groups is 1. The number of aromatic nitrogens is 6. The molecule has 0 bridgehead atoms. The number of nitro benzene ring substituents is 1. The molecule has 1 aliphatic heterocycles. The smallest absolute Gasteiger partial charge is 0.293 e. The van der Waals surface area contributed by atoms with Gasteiger partial charge in [-0.3, -0.25) is 14.9 Å². The second-order valence-electron chi connectivity index (χ2n) is 7.83. The van der Waals surface area contributed by atoms with Crippen LogP contribution in [0.15, 0.2) is 42.7 Å². The van der Waals surface area contributed by atoms with Crippen molar-refractivity contribution in [3.63, 3.8) is 0 Å². The van der Waals surface area contributed by atoms with Crippen molar-refractivity contribution in [2.24, 2.45) is 7.05 Å². The summed E-state index contributed by atoms with van der Waals surface area (Å²) in [5.41, 5.74) is 1.32. The Morgan fingerprint density at radius 3 is 2.52 bits per heavy atom. The first-order valence-corrected chi connectivity index (χ1v) is 10.4. The SMILES string of the molecule is Cc1nnc2ccc(N3CCN(c4ccc(C(=O)c5nccn5C)cc4[N+](=O)[O-])CC3)nn12. The molecule has 3 aromatic heterocycles. The molecule has 0 unspecified atom stereocenters. The Kier molecular flexibility index (Phi) is 4.96. The Labute approximate surface area is 188 Å². The van der Waals surface area contributed by atoms with Crippen LogP contribution in [-0.2, 0) is 7.05 Å². The first-order chi connectivity index (χ1) is 15.9. The lowest BCUT2D eigenvalue weighted by Crippen LogP contribution is -2.47. The molecule has 5 rings (SSSR count). The van der Waals surface area contributed by atoms with Gasteiger partial charge in [-0.2, -0.15) is 4.52 Å². The zero-order chi connectivity index (χ0) is 23.1. The number of imidazole rings is 1. The van der Waals surface area contributed by atoms with Crippen molar-refractivity contribution in [2.45, 2.75) is 6.92 Å². The maximum absolute atomic E-state index is 12.7. The number of benzene rings is 1. The van der Waals surface area contributed by atoms with E-state index in [9.17, 15) is 14.9 Å². The molecule has 1 fully saturated rings. The first-order valence-electron chi connectivity index (χ1n) is 10.4. The second kappa shape index (κ2) is 7.97. The topological polar surface area (TPSA) is 128 Å². The molecule has 12 nitrogen and oxygen atoms in total. The average Bonchev–Trinajstić information content (AvgIpc) is 3.43. The Morgan fingerprint density at radius 2 is 1.82 bits per heavy atom. The zero-order valence-corrected chi connectivity index (χ0v) is 18.1. The molecule has 4 aromatic rings. The molecule has 1 aliphatic rings. The van der Waals surface area contributed by atoms with E-state index in [2.05, 4.69) is 25.2 Å². The molecule has 12 heteroatoms. The number of hydrogen-bond acceptors (Lipinski definition) is 9. The van der Waals surface area contributed by atoms with Gasteiger partial charge in [0.25, 0.3) is 5.69 Å². The predicted octanol–water partition coefficient (Wildman–Crippen LogP) is 1.63. The van der Waals surface area contributed by atoms with E-state index in [0.29, 0.717) is 43.3 Å². The fourth-order valence-corrected chi connectivity index (χ4v) is 4.02. The lowest BCUT2D eigenvalue weighted by Gasteiger charge is -2.36. The summed E-state index contributed by atoms with van der Waals surface area (Å²) in [4.78, 5) is 32.3. The minimum Gasteiger partial charge on any atom is -0.362 e. The maximum atomic E-state index is 12.7. The molecule has 0 aliphatic carbocycles. The molecular formula is C21H21N9O3. The molecule has 4 heterocycles. The van der Waals surface area contributed by atoms with Crippen LogP contribution in [-0.4, -0.2) is 66.2 Å². The molecule has 0 amide bonds. The summed E-state index contributed by atoms with van der Waals surface area (Å²) in [5.74, 6) is 1.39. The largest absolute Gasteiger partial charge is 0.362 e. The van der Waals surface area contributed by atoms with Crippen molar-refractivity contribution < 1.29 is 9.72 Å². The van der Waals surface area contributed by atoms with Crippen molar-refractivity contribution >= 4 is 28.6 Å². The Morgan fingerprint density at radius 1 is 1.06 bits per heavy atom. The fourth-order valence-electron chi connectivity index (χ4n) is 4.02. The number of carbonyl (C=O) groups excluding carboxylic acids is 1. The van der Waals surface area contributed by atoms with Crippen molar-refractivity contribution in [3.05, 3.63) is 70.1 Å². The summed E-state index contributed by atoms with van der Waals surface area (Å²) >= 11 is 0. The van der Waals surface area contributed by atoms with Gasteiger partial charge in [0.2, 0.25) is 5.78 Å². The van der Waals surface area contributed by atoms with Crippen LogP contribution in [0.3, 0.4) is 0 Å². The van der Waals surface area contributed by atoms with Gasteiger partial charge >= 0.3 is 0 Å². The van der Waals surface area contributed by atoms with Crippen LogP contribution in [0.2, 0.25) is 0 Å². The highest BCUT2D eigenvalue weighted by molar-refractivity contribution is 6.07. The van der Waals surface area contributed by atoms with Gasteiger partial charge in [-0.1, -0.05) is 0 Å². The third-order valence-electron chi connectivity index (χ3n) is 5.81. The number of nitro groups is 1. The fraction of sp³-hybridized carbons (Fsp3) is 0.286. The highest BCUT2D eigenvalue weighted by Gasteiger charge is 2.26. The van der Waals surface area contributed by atoms with E-state index in [4.69, 9.17) is 0 Å². The molecule has 1 aromatic carbocycles. The zero-order valence-electron chi connectivity index (χ0n) is 18.1. The molecular weight excluding hydrogens is 426 g/mol. The highest BCUT2D eigenvalue weighted by Crippen LogP contribution is 2.31. The summed E-state index contributed by atoms with van der Waals surface area (Å²) in [6, 6.07) is 8.38. The number of rotatable bonds is 5. The average molecular weight is 447 g/mol. The number of ketones is 1. The lowest BCUT2D eigenvalue weighted by atomic mass is 10.1. The molecule has 0 radical (unpaired) electrons. The molecule has 0 saturated carbocycles. The van der Waals surface area contributed by atoms with Crippen LogP contribution in [0.4, 0.5) is 17.2 Å². The van der Waals surface area contributed by atoms with Crippen molar-refractivity contribution in [3.8, 4) is 0 Å². The molecule has 0 spiro atoms. The number of aryl methyl sites for hydroxylation is 2. The normalized spacial score (nSPS) is 14.1. The van der Waals surface area contributed by atoms with Gasteiger partial charge in [-0.05, 0) is 31.2 Å². The van der Waals surface area contributed by atoms with E-state index in [1.165, 1.54) is 12.3 Å². The quantitative estimate of drug-likeness (QED) is 0.255. The minimum atomic E-state index is -0.443. The van der Waals surface area contributed by atoms with E-state index >= 15 is 0 Å². The van der Waals surface area contributed by atoms with Gasteiger partial charge in [0.1, 0.15) is 11.5 Å². The molecule has 1 saturated heterocycles. The summed E-state index contributed by atoms with van der Waals surface area (Å²) < 4.78 is 3.29. The Bertz CT molecular complexity index is 1370. The van der Waals surface area contributed by atoms with Crippen molar-refractivity contribution in [1.29, 1.82) is 0 Å². The summed E-state index contributed by atoms with van der Waals surface area (Å²) in [6.45, 7) is 4.29. The molecule has 0 atom stereocenters. The highest BCUT2D eigenvalue weighted by atomic mass is 16.6. The molecule has 0 N–H and O–H groups in total. The van der Waals surface area contributed by atoms with Gasteiger partial charge in [0, 0.05) is 57.3 Å². The summed E-state index contributed by atoms with van der Waals surface area (Å²) in [6.07, 6.45) is 3.18. The van der Waals surface area contributed by atoms with E-state index in [0.717, 1.165) is 5.82 Å². The van der Waals surface area contributed by atoms with E-state index in [1.54, 1.807) is 34.5 Å².